The second-order valence-corrected chi connectivity index (χ2v) is 3.36. The Kier molecular flexibility index (Phi) is 7.40. The Hall–Kier alpha value is -0.630. The van der Waals surface area contributed by atoms with Crippen molar-refractivity contribution in [2.75, 3.05) is 33.9 Å². The predicted molar refractivity (Wildman–Crippen MR) is 57.0 cm³/mol. The van der Waals surface area contributed by atoms with E-state index in [2.05, 4.69) is 30.1 Å². The Morgan fingerprint density at radius 1 is 1.57 bits per heavy atom. The zero-order chi connectivity index (χ0) is 11.0. The molecule has 0 bridgehead atoms. The monoisotopic (exact) mass is 199 g/mol. The molecule has 0 aromatic carbocycles. The minimum absolute atomic E-state index is 0.103. The highest BCUT2D eigenvalue weighted by Gasteiger charge is 2.15. The van der Waals surface area contributed by atoms with E-state index in [0.717, 1.165) is 13.1 Å². The van der Waals surface area contributed by atoms with Crippen LogP contribution in [0.5, 0.6) is 0 Å². The molecule has 0 spiro atoms. The van der Waals surface area contributed by atoms with Gasteiger partial charge in [-0.1, -0.05) is 6.92 Å². The number of likely N-dealkylation sites (N-methyl/N-ethyl adjacent to an activating group) is 2. The average molecular weight is 199 g/mol. The summed E-state index contributed by atoms with van der Waals surface area (Å²) in [5.41, 5.74) is 0. The summed E-state index contributed by atoms with van der Waals surface area (Å²) >= 11 is 0. The van der Waals surface area contributed by atoms with Crippen molar-refractivity contribution in [1.29, 1.82) is 5.26 Å². The molecule has 82 valence electrons. The third-order valence-corrected chi connectivity index (χ3v) is 2.36. The van der Waals surface area contributed by atoms with Gasteiger partial charge in [-0.05, 0) is 20.5 Å². The second kappa shape index (κ2) is 7.74. The third-order valence-electron chi connectivity index (χ3n) is 2.36. The zero-order valence-corrected chi connectivity index (χ0v) is 9.58. The maximum Gasteiger partial charge on any atom is 0.108 e. The number of nitrogens with zero attached hydrogens (tertiary/aromatic N) is 2. The standard InChI is InChI=1S/C10H21N3O/c1-5-13(9(2)8-14-4)7-10(6-11)12-3/h9-10,12H,5,7-8H2,1-4H3. The number of rotatable bonds is 7. The molecule has 0 aliphatic rings. The molecular formula is C10H21N3O. The summed E-state index contributed by atoms with van der Waals surface area (Å²) in [4.78, 5) is 2.23. The van der Waals surface area contributed by atoms with Gasteiger partial charge in [-0.2, -0.15) is 5.26 Å². The molecule has 4 heteroatoms. The lowest BCUT2D eigenvalue weighted by atomic mass is 10.2. The fraction of sp³-hybridized carbons (Fsp3) is 0.900. The lowest BCUT2D eigenvalue weighted by Gasteiger charge is -2.28. The Morgan fingerprint density at radius 2 is 2.21 bits per heavy atom. The Balaban J connectivity index is 4.07. The van der Waals surface area contributed by atoms with E-state index in [4.69, 9.17) is 10.00 Å². The Bertz CT molecular complexity index is 179. The molecule has 0 saturated heterocycles. The van der Waals surface area contributed by atoms with E-state index in [1.54, 1.807) is 7.11 Å². The van der Waals surface area contributed by atoms with Gasteiger partial charge in [-0.3, -0.25) is 4.90 Å². The summed E-state index contributed by atoms with van der Waals surface area (Å²) in [7, 11) is 3.51. The van der Waals surface area contributed by atoms with Crippen LogP contribution in [0.25, 0.3) is 0 Å². The van der Waals surface area contributed by atoms with Crippen molar-refractivity contribution in [2.24, 2.45) is 0 Å². The molecule has 0 radical (unpaired) electrons. The van der Waals surface area contributed by atoms with Crippen LogP contribution in [0.2, 0.25) is 0 Å². The van der Waals surface area contributed by atoms with Gasteiger partial charge < -0.3 is 10.1 Å². The van der Waals surface area contributed by atoms with Crippen LogP contribution in [0.15, 0.2) is 0 Å². The molecule has 2 unspecified atom stereocenters. The fourth-order valence-electron chi connectivity index (χ4n) is 1.40. The fourth-order valence-corrected chi connectivity index (χ4v) is 1.40. The first-order valence-corrected chi connectivity index (χ1v) is 4.99. The Labute approximate surface area is 86.8 Å². The average Bonchev–Trinajstić information content (AvgIpc) is 2.20. The van der Waals surface area contributed by atoms with E-state index in [-0.39, 0.29) is 6.04 Å². The first kappa shape index (κ1) is 13.4. The molecule has 2 atom stereocenters. The highest BCUT2D eigenvalue weighted by atomic mass is 16.5. The van der Waals surface area contributed by atoms with Crippen molar-refractivity contribution in [3.63, 3.8) is 0 Å². The predicted octanol–water partition coefficient (Wildman–Crippen LogP) is 0.455. The second-order valence-electron chi connectivity index (χ2n) is 3.36. The van der Waals surface area contributed by atoms with Crippen LogP contribution >= 0.6 is 0 Å². The number of nitriles is 1. The highest BCUT2D eigenvalue weighted by molar-refractivity contribution is 4.91. The van der Waals surface area contributed by atoms with Crippen LogP contribution in [0.4, 0.5) is 0 Å². The number of methoxy groups -OCH3 is 1. The van der Waals surface area contributed by atoms with E-state index < -0.39 is 0 Å². The molecule has 0 aromatic rings. The van der Waals surface area contributed by atoms with Crippen molar-refractivity contribution in [3.8, 4) is 6.07 Å². The molecule has 0 aliphatic carbocycles. The van der Waals surface area contributed by atoms with Gasteiger partial charge in [0.2, 0.25) is 0 Å². The molecule has 0 amide bonds. The molecule has 4 nitrogen and oxygen atoms in total. The highest BCUT2D eigenvalue weighted by Crippen LogP contribution is 2.00. The van der Waals surface area contributed by atoms with Crippen molar-refractivity contribution in [3.05, 3.63) is 0 Å². The molecule has 0 heterocycles. The summed E-state index contributed by atoms with van der Waals surface area (Å²) in [5.74, 6) is 0. The third kappa shape index (κ3) is 4.56. The van der Waals surface area contributed by atoms with Gasteiger partial charge in [0.15, 0.2) is 0 Å². The van der Waals surface area contributed by atoms with Gasteiger partial charge >= 0.3 is 0 Å². The maximum atomic E-state index is 8.81. The minimum atomic E-state index is -0.103. The van der Waals surface area contributed by atoms with E-state index in [9.17, 15) is 0 Å². The van der Waals surface area contributed by atoms with Gasteiger partial charge in [-0.25, -0.2) is 0 Å². The van der Waals surface area contributed by atoms with E-state index in [0.29, 0.717) is 12.6 Å². The lowest BCUT2D eigenvalue weighted by Crippen LogP contribution is -2.44. The summed E-state index contributed by atoms with van der Waals surface area (Å²) in [5, 5.41) is 11.8. The molecule has 0 rings (SSSR count). The minimum Gasteiger partial charge on any atom is -0.383 e. The molecule has 14 heavy (non-hydrogen) atoms. The van der Waals surface area contributed by atoms with E-state index in [1.165, 1.54) is 0 Å². The van der Waals surface area contributed by atoms with Gasteiger partial charge in [0.1, 0.15) is 6.04 Å². The normalized spacial score (nSPS) is 15.1. The van der Waals surface area contributed by atoms with Gasteiger partial charge in [-0.15, -0.1) is 0 Å². The van der Waals surface area contributed by atoms with Gasteiger partial charge in [0.05, 0.1) is 12.7 Å². The van der Waals surface area contributed by atoms with Crippen LogP contribution in [0.1, 0.15) is 13.8 Å². The first-order valence-electron chi connectivity index (χ1n) is 4.99. The number of ether oxygens (including phenoxy) is 1. The number of hydrogen-bond donors (Lipinski definition) is 1. The topological polar surface area (TPSA) is 48.3 Å². The van der Waals surface area contributed by atoms with E-state index in [1.807, 2.05) is 7.05 Å². The maximum absolute atomic E-state index is 8.81. The Morgan fingerprint density at radius 3 is 2.57 bits per heavy atom. The number of nitrogens with one attached hydrogen (secondary N) is 1. The molecule has 1 N–H and O–H groups in total. The van der Waals surface area contributed by atoms with Crippen LogP contribution in [-0.2, 0) is 4.74 Å². The largest absolute Gasteiger partial charge is 0.383 e. The molecule has 0 aliphatic heterocycles. The van der Waals surface area contributed by atoms with Crippen LogP contribution in [-0.4, -0.2) is 50.8 Å². The number of hydrogen-bond acceptors (Lipinski definition) is 4. The van der Waals surface area contributed by atoms with Crippen LogP contribution < -0.4 is 5.32 Å². The first-order chi connectivity index (χ1) is 6.69. The van der Waals surface area contributed by atoms with E-state index >= 15 is 0 Å². The molecule has 0 fully saturated rings. The zero-order valence-electron chi connectivity index (χ0n) is 9.58. The summed E-state index contributed by atoms with van der Waals surface area (Å²) in [6, 6.07) is 2.47. The summed E-state index contributed by atoms with van der Waals surface area (Å²) < 4.78 is 5.09. The SMILES string of the molecule is CCN(CC(C#N)NC)C(C)COC. The van der Waals surface area contributed by atoms with Crippen molar-refractivity contribution in [2.45, 2.75) is 25.9 Å². The summed E-state index contributed by atoms with van der Waals surface area (Å²) in [6.07, 6.45) is 0. The van der Waals surface area contributed by atoms with Crippen molar-refractivity contribution >= 4 is 0 Å². The molecular weight excluding hydrogens is 178 g/mol. The van der Waals surface area contributed by atoms with Crippen LogP contribution in [0, 0.1) is 11.3 Å². The quantitative estimate of drug-likeness (QED) is 0.647. The van der Waals surface area contributed by atoms with Gasteiger partial charge in [0, 0.05) is 19.7 Å². The smallest absolute Gasteiger partial charge is 0.108 e. The van der Waals surface area contributed by atoms with Crippen molar-refractivity contribution in [1.82, 2.24) is 10.2 Å². The van der Waals surface area contributed by atoms with Gasteiger partial charge in [0.25, 0.3) is 0 Å². The molecule has 0 saturated carbocycles. The van der Waals surface area contributed by atoms with Crippen LogP contribution in [0.3, 0.4) is 0 Å². The molecule has 0 aromatic heterocycles. The lowest BCUT2D eigenvalue weighted by molar-refractivity contribution is 0.0999. The van der Waals surface area contributed by atoms with Crippen molar-refractivity contribution < 1.29 is 4.74 Å². The summed E-state index contributed by atoms with van der Waals surface area (Å²) in [6.45, 7) is 6.58.